The second-order valence-corrected chi connectivity index (χ2v) is 5.84. The van der Waals surface area contributed by atoms with E-state index < -0.39 is 0 Å². The van der Waals surface area contributed by atoms with Crippen molar-refractivity contribution in [3.05, 3.63) is 0 Å². The van der Waals surface area contributed by atoms with Crippen LogP contribution in [-0.4, -0.2) is 31.2 Å². The molecule has 3 N–H and O–H groups in total. The van der Waals surface area contributed by atoms with Gasteiger partial charge in [-0.25, -0.2) is 0 Å². The summed E-state index contributed by atoms with van der Waals surface area (Å²) in [7, 11) is 0. The standard InChI is InChI=1S/C14H26N2O2.ClH/c1-2-14(7-3-4-8-14)10-16-13(17)12-6-5-11(9-15)18-12;/h11-12H,2-10,15H2,1H3,(H,16,17);1H/t11-,12+;/m1./s1. The van der Waals surface area contributed by atoms with Crippen molar-refractivity contribution in [1.82, 2.24) is 5.32 Å². The zero-order valence-corrected chi connectivity index (χ0v) is 12.6. The van der Waals surface area contributed by atoms with Gasteiger partial charge in [0.1, 0.15) is 6.10 Å². The number of nitrogens with two attached hydrogens (primary N) is 1. The van der Waals surface area contributed by atoms with Crippen LogP contribution in [0.2, 0.25) is 0 Å². The van der Waals surface area contributed by atoms with Gasteiger partial charge in [-0.3, -0.25) is 4.79 Å². The van der Waals surface area contributed by atoms with Gasteiger partial charge in [0.2, 0.25) is 5.91 Å². The molecule has 1 saturated heterocycles. The van der Waals surface area contributed by atoms with Gasteiger partial charge < -0.3 is 15.8 Å². The lowest BCUT2D eigenvalue weighted by Crippen LogP contribution is -2.41. The van der Waals surface area contributed by atoms with Crippen LogP contribution in [0.5, 0.6) is 0 Å². The van der Waals surface area contributed by atoms with Crippen molar-refractivity contribution in [2.24, 2.45) is 11.1 Å². The largest absolute Gasteiger partial charge is 0.364 e. The van der Waals surface area contributed by atoms with Crippen molar-refractivity contribution >= 4 is 18.3 Å². The molecule has 2 fully saturated rings. The van der Waals surface area contributed by atoms with Crippen LogP contribution in [-0.2, 0) is 9.53 Å². The molecule has 1 aliphatic heterocycles. The van der Waals surface area contributed by atoms with Gasteiger partial charge in [0, 0.05) is 13.1 Å². The van der Waals surface area contributed by atoms with Crippen molar-refractivity contribution in [3.63, 3.8) is 0 Å². The minimum atomic E-state index is -0.270. The molecule has 0 aromatic heterocycles. The topological polar surface area (TPSA) is 64.4 Å². The second kappa shape index (κ2) is 7.46. The summed E-state index contributed by atoms with van der Waals surface area (Å²) in [5, 5.41) is 3.10. The lowest BCUT2D eigenvalue weighted by atomic mass is 9.83. The molecule has 0 unspecified atom stereocenters. The van der Waals surface area contributed by atoms with Gasteiger partial charge in [-0.15, -0.1) is 12.4 Å². The zero-order valence-electron chi connectivity index (χ0n) is 11.8. The zero-order chi connectivity index (χ0) is 13.0. The summed E-state index contributed by atoms with van der Waals surface area (Å²) in [5.41, 5.74) is 5.90. The number of nitrogens with one attached hydrogen (secondary N) is 1. The van der Waals surface area contributed by atoms with Gasteiger partial charge in [-0.1, -0.05) is 19.8 Å². The van der Waals surface area contributed by atoms with Crippen molar-refractivity contribution < 1.29 is 9.53 Å². The van der Waals surface area contributed by atoms with E-state index in [0.29, 0.717) is 12.0 Å². The molecule has 0 radical (unpaired) electrons. The maximum absolute atomic E-state index is 12.0. The highest BCUT2D eigenvalue weighted by Gasteiger charge is 2.34. The highest BCUT2D eigenvalue weighted by molar-refractivity contribution is 5.85. The summed E-state index contributed by atoms with van der Waals surface area (Å²) in [5.74, 6) is 0.0608. The summed E-state index contributed by atoms with van der Waals surface area (Å²) in [4.78, 5) is 12.0. The summed E-state index contributed by atoms with van der Waals surface area (Å²) in [6.45, 7) is 3.56. The molecule has 19 heavy (non-hydrogen) atoms. The fourth-order valence-corrected chi connectivity index (χ4v) is 3.24. The fraction of sp³-hybridized carbons (Fsp3) is 0.929. The molecule has 4 nitrogen and oxygen atoms in total. The molecule has 2 aliphatic rings. The first-order chi connectivity index (χ1) is 8.69. The van der Waals surface area contributed by atoms with Crippen LogP contribution in [0.15, 0.2) is 0 Å². The molecule has 112 valence electrons. The molecular formula is C14H27ClN2O2. The first-order valence-corrected chi connectivity index (χ1v) is 7.32. The first-order valence-electron chi connectivity index (χ1n) is 7.32. The van der Waals surface area contributed by atoms with Crippen LogP contribution in [0, 0.1) is 5.41 Å². The molecule has 2 atom stereocenters. The molecule has 1 aliphatic carbocycles. The highest BCUT2D eigenvalue weighted by Crippen LogP contribution is 2.40. The van der Waals surface area contributed by atoms with Crippen LogP contribution in [0.25, 0.3) is 0 Å². The van der Waals surface area contributed by atoms with Crippen LogP contribution >= 0.6 is 12.4 Å². The third-order valence-corrected chi connectivity index (χ3v) is 4.71. The van der Waals surface area contributed by atoms with Gasteiger partial charge in [0.05, 0.1) is 6.10 Å². The van der Waals surface area contributed by atoms with E-state index in [1.807, 2.05) is 0 Å². The number of amides is 1. The molecule has 1 saturated carbocycles. The molecule has 0 aromatic rings. The highest BCUT2D eigenvalue weighted by atomic mass is 35.5. The minimum Gasteiger partial charge on any atom is -0.364 e. The third-order valence-electron chi connectivity index (χ3n) is 4.71. The lowest BCUT2D eigenvalue weighted by Gasteiger charge is -2.28. The Bertz CT molecular complexity index is 293. The van der Waals surface area contributed by atoms with Gasteiger partial charge in [0.15, 0.2) is 0 Å². The van der Waals surface area contributed by atoms with E-state index in [1.165, 1.54) is 25.7 Å². The van der Waals surface area contributed by atoms with Gasteiger partial charge in [-0.2, -0.15) is 0 Å². The van der Waals surface area contributed by atoms with E-state index in [9.17, 15) is 4.79 Å². The molecule has 5 heteroatoms. The Hall–Kier alpha value is -0.320. The fourth-order valence-electron chi connectivity index (χ4n) is 3.24. The summed E-state index contributed by atoms with van der Waals surface area (Å²) >= 11 is 0. The average Bonchev–Trinajstić information content (AvgIpc) is 3.05. The normalized spacial score (nSPS) is 28.9. The van der Waals surface area contributed by atoms with Crippen molar-refractivity contribution in [1.29, 1.82) is 0 Å². The van der Waals surface area contributed by atoms with Crippen molar-refractivity contribution in [3.8, 4) is 0 Å². The Balaban J connectivity index is 0.00000180. The monoisotopic (exact) mass is 290 g/mol. The number of hydrogen-bond donors (Lipinski definition) is 2. The maximum Gasteiger partial charge on any atom is 0.249 e. The Labute approximate surface area is 122 Å². The Kier molecular flexibility index (Phi) is 6.57. The Morgan fingerprint density at radius 3 is 2.58 bits per heavy atom. The van der Waals surface area contributed by atoms with Gasteiger partial charge in [0.25, 0.3) is 0 Å². The van der Waals surface area contributed by atoms with E-state index in [2.05, 4.69) is 12.2 Å². The number of hydrogen-bond acceptors (Lipinski definition) is 3. The summed E-state index contributed by atoms with van der Waals surface area (Å²) < 4.78 is 5.62. The Morgan fingerprint density at radius 2 is 2.05 bits per heavy atom. The molecule has 1 amide bonds. The first kappa shape index (κ1) is 16.7. The molecule has 0 bridgehead atoms. The number of rotatable bonds is 5. The van der Waals surface area contributed by atoms with E-state index >= 15 is 0 Å². The van der Waals surface area contributed by atoms with Crippen molar-refractivity contribution in [2.45, 2.75) is 64.1 Å². The lowest BCUT2D eigenvalue weighted by molar-refractivity contribution is -0.132. The summed E-state index contributed by atoms with van der Waals surface area (Å²) in [6.07, 6.45) is 7.80. The average molecular weight is 291 g/mol. The van der Waals surface area contributed by atoms with Gasteiger partial charge >= 0.3 is 0 Å². The van der Waals surface area contributed by atoms with Crippen LogP contribution < -0.4 is 11.1 Å². The second-order valence-electron chi connectivity index (χ2n) is 5.84. The Morgan fingerprint density at radius 1 is 1.37 bits per heavy atom. The molecular weight excluding hydrogens is 264 g/mol. The van der Waals surface area contributed by atoms with Crippen LogP contribution in [0.1, 0.15) is 51.9 Å². The third kappa shape index (κ3) is 4.07. The van der Waals surface area contributed by atoms with Crippen LogP contribution in [0.4, 0.5) is 0 Å². The maximum atomic E-state index is 12.0. The van der Waals surface area contributed by atoms with Gasteiger partial charge in [-0.05, 0) is 37.5 Å². The van der Waals surface area contributed by atoms with Crippen molar-refractivity contribution in [2.75, 3.05) is 13.1 Å². The number of ether oxygens (including phenoxy) is 1. The van der Waals surface area contributed by atoms with E-state index in [1.54, 1.807) is 0 Å². The number of carbonyl (C=O) groups excluding carboxylic acids is 1. The minimum absolute atomic E-state index is 0. The molecule has 1 heterocycles. The van der Waals surface area contributed by atoms with Crippen LogP contribution in [0.3, 0.4) is 0 Å². The number of carbonyl (C=O) groups is 1. The predicted molar refractivity (Wildman–Crippen MR) is 78.4 cm³/mol. The smallest absolute Gasteiger partial charge is 0.249 e. The van der Waals surface area contributed by atoms with E-state index in [4.69, 9.17) is 10.5 Å². The molecule has 2 rings (SSSR count). The van der Waals surface area contributed by atoms with E-state index in [0.717, 1.165) is 25.8 Å². The predicted octanol–water partition coefficient (Wildman–Crippen LogP) is 2.00. The number of halogens is 1. The molecule has 0 aromatic carbocycles. The summed E-state index contributed by atoms with van der Waals surface area (Å²) in [6, 6.07) is 0. The molecule has 0 spiro atoms. The van der Waals surface area contributed by atoms with E-state index in [-0.39, 0.29) is 30.5 Å². The quantitative estimate of drug-likeness (QED) is 0.814. The SMILES string of the molecule is CCC1(CNC(=O)[C@@H]2CC[C@H](CN)O2)CCCC1.Cl.